The quantitative estimate of drug-likeness (QED) is 0.376. The highest BCUT2D eigenvalue weighted by atomic mass is 127. The van der Waals surface area contributed by atoms with Crippen molar-refractivity contribution in [2.45, 2.75) is 52.2 Å². The molecule has 132 valence electrons. The summed E-state index contributed by atoms with van der Waals surface area (Å²) < 4.78 is 1.83. The molecule has 0 bridgehead atoms. The van der Waals surface area contributed by atoms with Gasteiger partial charge in [-0.3, -0.25) is 4.68 Å². The van der Waals surface area contributed by atoms with Crippen molar-refractivity contribution < 1.29 is 5.11 Å². The molecule has 2 unspecified atom stereocenters. The molecule has 2 atom stereocenters. The number of aliphatic hydroxyl groups excluding tert-OH is 1. The number of halogens is 1. The zero-order valence-electron chi connectivity index (χ0n) is 14.4. The third-order valence-electron chi connectivity index (χ3n) is 4.61. The number of aromatic nitrogens is 2. The van der Waals surface area contributed by atoms with Gasteiger partial charge in [-0.15, -0.1) is 24.0 Å². The Morgan fingerprint density at radius 1 is 1.48 bits per heavy atom. The van der Waals surface area contributed by atoms with E-state index < -0.39 is 0 Å². The summed E-state index contributed by atoms with van der Waals surface area (Å²) >= 11 is 0. The van der Waals surface area contributed by atoms with Crippen molar-refractivity contribution in [1.82, 2.24) is 20.4 Å². The summed E-state index contributed by atoms with van der Waals surface area (Å²) in [4.78, 5) is 4.61. The number of nitrogens with zero attached hydrogens (tertiary/aromatic N) is 3. The van der Waals surface area contributed by atoms with Crippen molar-refractivity contribution in [2.24, 2.45) is 17.5 Å². The highest BCUT2D eigenvalue weighted by Crippen LogP contribution is 2.35. The molecule has 1 aliphatic rings. The Kier molecular flexibility index (Phi) is 8.32. The van der Waals surface area contributed by atoms with Crippen LogP contribution in [0.2, 0.25) is 0 Å². The lowest BCUT2D eigenvalue weighted by Crippen LogP contribution is -2.48. The lowest BCUT2D eigenvalue weighted by Gasteiger charge is -2.38. The minimum atomic E-state index is -0.228. The van der Waals surface area contributed by atoms with Crippen LogP contribution in [0.4, 0.5) is 0 Å². The van der Waals surface area contributed by atoms with E-state index in [0.29, 0.717) is 6.54 Å². The van der Waals surface area contributed by atoms with Crippen LogP contribution < -0.4 is 10.6 Å². The molecule has 0 radical (unpaired) electrons. The summed E-state index contributed by atoms with van der Waals surface area (Å²) in [5, 5.41) is 21.1. The standard InChI is InChI=1S/C16H29N5O.HI/c1-4-17-15(18-11-13-8-10-20-21(13)3)19-12-16(2)9-6-5-7-14(16)22;/h8,10,14,22H,4-7,9,11-12H2,1-3H3,(H2,17,18,19);1H. The van der Waals surface area contributed by atoms with E-state index in [4.69, 9.17) is 0 Å². The zero-order chi connectivity index (χ0) is 16.0. The van der Waals surface area contributed by atoms with Crippen molar-refractivity contribution in [2.75, 3.05) is 13.1 Å². The molecule has 3 N–H and O–H groups in total. The van der Waals surface area contributed by atoms with Crippen molar-refractivity contribution in [3.63, 3.8) is 0 Å². The topological polar surface area (TPSA) is 74.5 Å². The fourth-order valence-corrected chi connectivity index (χ4v) is 2.93. The van der Waals surface area contributed by atoms with Crippen LogP contribution in [0.3, 0.4) is 0 Å². The SMILES string of the molecule is CCNC(=NCc1ccnn1C)NCC1(C)CCCCC1O.I. The first kappa shape index (κ1) is 20.2. The average molecular weight is 435 g/mol. The monoisotopic (exact) mass is 435 g/mol. The van der Waals surface area contributed by atoms with Crippen molar-refractivity contribution in [3.05, 3.63) is 18.0 Å². The lowest BCUT2D eigenvalue weighted by atomic mass is 9.73. The Morgan fingerprint density at radius 2 is 2.26 bits per heavy atom. The molecule has 1 heterocycles. The minimum absolute atomic E-state index is 0. The molecule has 0 saturated heterocycles. The van der Waals surface area contributed by atoms with Gasteiger partial charge in [-0.05, 0) is 25.8 Å². The first-order valence-electron chi connectivity index (χ1n) is 8.22. The van der Waals surface area contributed by atoms with Gasteiger partial charge >= 0.3 is 0 Å². The third kappa shape index (κ3) is 5.63. The molecule has 1 fully saturated rings. The van der Waals surface area contributed by atoms with Gasteiger partial charge in [0.2, 0.25) is 0 Å². The Balaban J connectivity index is 0.00000264. The molecule has 7 heteroatoms. The van der Waals surface area contributed by atoms with Crippen LogP contribution in [-0.2, 0) is 13.6 Å². The molecule has 1 aromatic rings. The predicted molar refractivity (Wildman–Crippen MR) is 104 cm³/mol. The summed E-state index contributed by atoms with van der Waals surface area (Å²) in [5.41, 5.74) is 1.00. The molecule has 1 aliphatic carbocycles. The summed E-state index contributed by atoms with van der Waals surface area (Å²) in [5.74, 6) is 0.794. The molecule has 23 heavy (non-hydrogen) atoms. The second-order valence-corrected chi connectivity index (χ2v) is 6.41. The molecular formula is C16H30IN5O. The number of hydrogen-bond acceptors (Lipinski definition) is 3. The average Bonchev–Trinajstić information content (AvgIpc) is 2.91. The number of aliphatic imine (C=N–C) groups is 1. The number of guanidine groups is 1. The van der Waals surface area contributed by atoms with Gasteiger partial charge in [0.25, 0.3) is 0 Å². The molecule has 0 aliphatic heterocycles. The fraction of sp³-hybridized carbons (Fsp3) is 0.750. The highest BCUT2D eigenvalue weighted by molar-refractivity contribution is 14.0. The van der Waals surface area contributed by atoms with Crippen LogP contribution in [0.1, 0.15) is 45.2 Å². The second kappa shape index (κ2) is 9.46. The van der Waals surface area contributed by atoms with Gasteiger partial charge in [-0.2, -0.15) is 5.10 Å². The third-order valence-corrected chi connectivity index (χ3v) is 4.61. The zero-order valence-corrected chi connectivity index (χ0v) is 16.7. The Bertz CT molecular complexity index is 504. The van der Waals surface area contributed by atoms with E-state index in [-0.39, 0.29) is 35.5 Å². The van der Waals surface area contributed by atoms with E-state index in [1.165, 1.54) is 6.42 Å². The maximum Gasteiger partial charge on any atom is 0.191 e. The predicted octanol–water partition coefficient (Wildman–Crippen LogP) is 2.03. The van der Waals surface area contributed by atoms with Gasteiger partial charge in [-0.1, -0.05) is 19.8 Å². The van der Waals surface area contributed by atoms with Gasteiger partial charge in [0.05, 0.1) is 18.3 Å². The molecule has 6 nitrogen and oxygen atoms in total. The molecule has 0 aromatic carbocycles. The number of aliphatic hydroxyl groups is 1. The van der Waals surface area contributed by atoms with E-state index in [1.807, 2.05) is 17.8 Å². The van der Waals surface area contributed by atoms with Gasteiger partial charge in [0, 0.05) is 31.7 Å². The molecule has 1 saturated carbocycles. The highest BCUT2D eigenvalue weighted by Gasteiger charge is 2.35. The van der Waals surface area contributed by atoms with Crippen molar-refractivity contribution in [3.8, 4) is 0 Å². The number of nitrogens with one attached hydrogen (secondary N) is 2. The normalized spacial score (nSPS) is 24.9. The first-order chi connectivity index (χ1) is 10.5. The molecule has 2 rings (SSSR count). The molecular weight excluding hydrogens is 405 g/mol. The van der Waals surface area contributed by atoms with Gasteiger partial charge in [0.15, 0.2) is 5.96 Å². The van der Waals surface area contributed by atoms with Gasteiger partial charge < -0.3 is 15.7 Å². The smallest absolute Gasteiger partial charge is 0.191 e. The van der Waals surface area contributed by atoms with Crippen LogP contribution in [0.25, 0.3) is 0 Å². The van der Waals surface area contributed by atoms with Crippen LogP contribution in [-0.4, -0.2) is 40.0 Å². The summed E-state index contributed by atoms with van der Waals surface area (Å²) in [7, 11) is 1.92. The number of aryl methyl sites for hydroxylation is 1. The van der Waals surface area contributed by atoms with Crippen LogP contribution in [0.15, 0.2) is 17.3 Å². The Labute approximate surface area is 156 Å². The summed E-state index contributed by atoms with van der Waals surface area (Å²) in [6.07, 6.45) is 5.84. The Morgan fingerprint density at radius 3 is 2.87 bits per heavy atom. The van der Waals surface area contributed by atoms with Crippen LogP contribution in [0, 0.1) is 5.41 Å². The largest absolute Gasteiger partial charge is 0.392 e. The molecule has 0 amide bonds. The van der Waals surface area contributed by atoms with Crippen molar-refractivity contribution >= 4 is 29.9 Å². The number of rotatable bonds is 5. The molecule has 1 aromatic heterocycles. The summed E-state index contributed by atoms with van der Waals surface area (Å²) in [6.45, 7) is 6.36. The van der Waals surface area contributed by atoms with Crippen LogP contribution in [0.5, 0.6) is 0 Å². The van der Waals surface area contributed by atoms with Gasteiger partial charge in [-0.25, -0.2) is 4.99 Å². The maximum absolute atomic E-state index is 10.3. The van der Waals surface area contributed by atoms with E-state index in [1.54, 1.807) is 6.20 Å². The second-order valence-electron chi connectivity index (χ2n) is 6.41. The maximum atomic E-state index is 10.3. The summed E-state index contributed by atoms with van der Waals surface area (Å²) in [6, 6.07) is 1.97. The van der Waals surface area contributed by atoms with Gasteiger partial charge in [0.1, 0.15) is 0 Å². The van der Waals surface area contributed by atoms with E-state index in [2.05, 4.69) is 34.6 Å². The lowest BCUT2D eigenvalue weighted by molar-refractivity contribution is 0.00397. The first-order valence-corrected chi connectivity index (χ1v) is 8.22. The van der Waals surface area contributed by atoms with E-state index in [0.717, 1.165) is 44.0 Å². The van der Waals surface area contributed by atoms with Crippen molar-refractivity contribution in [1.29, 1.82) is 0 Å². The minimum Gasteiger partial charge on any atom is -0.392 e. The van der Waals surface area contributed by atoms with E-state index >= 15 is 0 Å². The Hall–Kier alpha value is -0.830. The fourth-order valence-electron chi connectivity index (χ4n) is 2.93. The molecule has 0 spiro atoms. The number of hydrogen-bond donors (Lipinski definition) is 3. The van der Waals surface area contributed by atoms with Crippen LogP contribution >= 0.6 is 24.0 Å². The van der Waals surface area contributed by atoms with E-state index in [9.17, 15) is 5.11 Å².